The molecule has 1 aliphatic rings. The molecule has 0 amide bonds. The van der Waals surface area contributed by atoms with E-state index in [0.717, 1.165) is 46.4 Å². The summed E-state index contributed by atoms with van der Waals surface area (Å²) in [6, 6.07) is 37.9. The fraction of sp³-hybridized carbons (Fsp3) is 0.0952. The lowest BCUT2D eigenvalue weighted by Crippen LogP contribution is -2.17. The van der Waals surface area contributed by atoms with Gasteiger partial charge in [0.05, 0.1) is 0 Å². The van der Waals surface area contributed by atoms with Crippen LogP contribution >= 0.6 is 0 Å². The Hall–Kier alpha value is -5.34. The molecule has 2 nitrogen and oxygen atoms in total. The van der Waals surface area contributed by atoms with Crippen LogP contribution in [-0.4, -0.2) is 0 Å². The average Bonchev–Trinajstić information content (AvgIpc) is 3.07. The van der Waals surface area contributed by atoms with Gasteiger partial charge in [-0.3, -0.25) is 0 Å². The van der Waals surface area contributed by atoms with Crippen LogP contribution in [0.5, 0.6) is 0 Å². The lowest BCUT2D eigenvalue weighted by atomic mass is 9.91. The molecule has 0 spiro atoms. The Balaban J connectivity index is 1.43. The van der Waals surface area contributed by atoms with Crippen LogP contribution in [0.15, 0.2) is 175 Å². The normalized spacial score (nSPS) is 14.3. The van der Waals surface area contributed by atoms with Crippen LogP contribution in [0.1, 0.15) is 43.4 Å². The molecule has 44 heavy (non-hydrogen) atoms. The molecule has 218 valence electrons. The second-order valence-corrected chi connectivity index (χ2v) is 10.8. The van der Waals surface area contributed by atoms with Gasteiger partial charge in [0.1, 0.15) is 0 Å². The second-order valence-electron chi connectivity index (χ2n) is 10.8. The largest absolute Gasteiger partial charge is 0.398 e. The highest BCUT2D eigenvalue weighted by atomic mass is 15.1. The van der Waals surface area contributed by atoms with Gasteiger partial charge in [-0.15, -0.1) is 0 Å². The number of benzene rings is 4. The van der Waals surface area contributed by atoms with Gasteiger partial charge in [-0.1, -0.05) is 122 Å². The van der Waals surface area contributed by atoms with Crippen molar-refractivity contribution in [1.82, 2.24) is 0 Å². The van der Waals surface area contributed by atoms with Gasteiger partial charge < -0.3 is 10.6 Å². The standard InChI is InChI=1S/C42H40N2/c1-4-15-36(34(5-2)23-22-33-16-9-6-10-17-33)30-32(3)41-31-37(26-29-42(41)43)35-24-27-40(28-25-35)44(38-18-11-7-12-19-38)39-20-13-8-14-21-39/h4-24,26-27,29-31H,1,25,28,43H2,2-3H3/b23-22-,32-30+,34-5+,36-15+. The summed E-state index contributed by atoms with van der Waals surface area (Å²) in [6.45, 7) is 8.16. The zero-order valence-electron chi connectivity index (χ0n) is 25.7. The van der Waals surface area contributed by atoms with Gasteiger partial charge in [0.15, 0.2) is 0 Å². The van der Waals surface area contributed by atoms with E-state index < -0.39 is 0 Å². The molecule has 0 aromatic heterocycles. The third kappa shape index (κ3) is 7.35. The number of para-hydroxylation sites is 2. The Kier molecular flexibility index (Phi) is 10.1. The Morgan fingerprint density at radius 3 is 1.98 bits per heavy atom. The molecule has 0 aliphatic heterocycles. The first-order valence-electron chi connectivity index (χ1n) is 15.2. The fourth-order valence-corrected chi connectivity index (χ4v) is 5.56. The summed E-state index contributed by atoms with van der Waals surface area (Å²) in [5.41, 5.74) is 19.0. The molecular formula is C42H40N2. The summed E-state index contributed by atoms with van der Waals surface area (Å²) < 4.78 is 0. The van der Waals surface area contributed by atoms with Crippen molar-refractivity contribution in [3.05, 3.63) is 192 Å². The smallest absolute Gasteiger partial charge is 0.0458 e. The van der Waals surface area contributed by atoms with Gasteiger partial charge in [0, 0.05) is 28.3 Å². The number of hydrogen-bond donors (Lipinski definition) is 1. The summed E-state index contributed by atoms with van der Waals surface area (Å²) in [5, 5.41) is 0. The highest BCUT2D eigenvalue weighted by Gasteiger charge is 2.18. The van der Waals surface area contributed by atoms with E-state index in [2.05, 4.69) is 165 Å². The van der Waals surface area contributed by atoms with Crippen molar-refractivity contribution in [1.29, 1.82) is 0 Å². The predicted octanol–water partition coefficient (Wildman–Crippen LogP) is 11.3. The number of allylic oxidation sites excluding steroid dienone is 12. The van der Waals surface area contributed by atoms with Crippen LogP contribution in [0.4, 0.5) is 17.1 Å². The summed E-state index contributed by atoms with van der Waals surface area (Å²) in [5.74, 6) is 0. The van der Waals surface area contributed by atoms with Crippen LogP contribution < -0.4 is 10.6 Å². The first-order valence-corrected chi connectivity index (χ1v) is 15.2. The Morgan fingerprint density at radius 1 is 0.773 bits per heavy atom. The summed E-state index contributed by atoms with van der Waals surface area (Å²) in [6.07, 6.45) is 18.9. The van der Waals surface area contributed by atoms with Gasteiger partial charge in [-0.25, -0.2) is 0 Å². The minimum absolute atomic E-state index is 0.772. The molecule has 4 aromatic carbocycles. The van der Waals surface area contributed by atoms with Crippen molar-refractivity contribution < 1.29 is 0 Å². The minimum atomic E-state index is 0.772. The average molecular weight is 573 g/mol. The van der Waals surface area contributed by atoms with E-state index in [0.29, 0.717) is 0 Å². The van der Waals surface area contributed by atoms with Crippen LogP contribution in [-0.2, 0) is 0 Å². The molecule has 0 unspecified atom stereocenters. The van der Waals surface area contributed by atoms with Crippen molar-refractivity contribution in [2.24, 2.45) is 0 Å². The Morgan fingerprint density at radius 2 is 1.41 bits per heavy atom. The summed E-state index contributed by atoms with van der Waals surface area (Å²) >= 11 is 0. The topological polar surface area (TPSA) is 29.3 Å². The minimum Gasteiger partial charge on any atom is -0.398 e. The highest BCUT2D eigenvalue weighted by Crippen LogP contribution is 2.37. The highest BCUT2D eigenvalue weighted by molar-refractivity contribution is 5.82. The SMILES string of the molecule is C=C/C=C(\C=C(/C)c1cc(C2=CC=C(N(c3ccccc3)c3ccccc3)CC2)ccc1N)C(/C=C\c1ccccc1)=C/C. The fourth-order valence-electron chi connectivity index (χ4n) is 5.56. The van der Waals surface area contributed by atoms with Gasteiger partial charge in [-0.05, 0) is 103 Å². The van der Waals surface area contributed by atoms with Crippen molar-refractivity contribution >= 4 is 34.3 Å². The van der Waals surface area contributed by atoms with E-state index in [9.17, 15) is 0 Å². The van der Waals surface area contributed by atoms with Gasteiger partial charge >= 0.3 is 0 Å². The molecule has 0 atom stereocenters. The molecule has 1 aliphatic carbocycles. The van der Waals surface area contributed by atoms with Crippen molar-refractivity contribution in [3.63, 3.8) is 0 Å². The number of rotatable bonds is 10. The van der Waals surface area contributed by atoms with Crippen LogP contribution in [0.25, 0.3) is 17.2 Å². The third-order valence-electron chi connectivity index (χ3n) is 7.86. The lowest BCUT2D eigenvalue weighted by molar-refractivity contribution is 0.930. The summed E-state index contributed by atoms with van der Waals surface area (Å²) in [7, 11) is 0. The van der Waals surface area contributed by atoms with E-state index in [1.165, 1.54) is 28.2 Å². The Labute approximate surface area is 262 Å². The second kappa shape index (κ2) is 14.7. The van der Waals surface area contributed by atoms with Crippen molar-refractivity contribution in [3.8, 4) is 0 Å². The monoisotopic (exact) mass is 572 g/mol. The molecule has 2 heteroatoms. The summed E-state index contributed by atoms with van der Waals surface area (Å²) in [4.78, 5) is 2.35. The predicted molar refractivity (Wildman–Crippen MR) is 192 cm³/mol. The van der Waals surface area contributed by atoms with Crippen molar-refractivity contribution in [2.75, 3.05) is 10.6 Å². The van der Waals surface area contributed by atoms with E-state index in [1.54, 1.807) is 0 Å². The number of nitrogens with zero attached hydrogens (tertiary/aromatic N) is 1. The third-order valence-corrected chi connectivity index (χ3v) is 7.86. The van der Waals surface area contributed by atoms with Gasteiger partial charge in [0.25, 0.3) is 0 Å². The van der Waals surface area contributed by atoms with Crippen LogP contribution in [0.2, 0.25) is 0 Å². The van der Waals surface area contributed by atoms with E-state index in [4.69, 9.17) is 5.73 Å². The molecule has 0 fully saturated rings. The maximum atomic E-state index is 6.56. The molecule has 5 rings (SSSR count). The van der Waals surface area contributed by atoms with E-state index in [-0.39, 0.29) is 0 Å². The lowest BCUT2D eigenvalue weighted by Gasteiger charge is -2.30. The molecule has 4 aromatic rings. The molecule has 0 heterocycles. The van der Waals surface area contributed by atoms with Gasteiger partial charge in [0.2, 0.25) is 0 Å². The molecule has 0 saturated heterocycles. The van der Waals surface area contributed by atoms with Crippen molar-refractivity contribution in [2.45, 2.75) is 26.7 Å². The quantitative estimate of drug-likeness (QED) is 0.151. The van der Waals surface area contributed by atoms with E-state index >= 15 is 0 Å². The Bertz CT molecular complexity index is 1730. The number of nitrogens with two attached hydrogens (primary N) is 1. The van der Waals surface area contributed by atoms with Crippen LogP contribution in [0, 0.1) is 0 Å². The van der Waals surface area contributed by atoms with Gasteiger partial charge in [-0.2, -0.15) is 0 Å². The van der Waals surface area contributed by atoms with E-state index in [1.807, 2.05) is 18.2 Å². The number of nitrogen functional groups attached to an aromatic ring is 1. The molecule has 0 bridgehead atoms. The zero-order valence-corrected chi connectivity index (χ0v) is 25.7. The number of hydrogen-bond acceptors (Lipinski definition) is 2. The molecular weight excluding hydrogens is 532 g/mol. The zero-order chi connectivity index (χ0) is 30.7. The molecule has 0 radical (unpaired) electrons. The molecule has 2 N–H and O–H groups in total. The number of anilines is 3. The maximum absolute atomic E-state index is 6.56. The van der Waals surface area contributed by atoms with Crippen LogP contribution in [0.3, 0.4) is 0 Å². The maximum Gasteiger partial charge on any atom is 0.0458 e. The molecule has 0 saturated carbocycles. The first kappa shape index (κ1) is 30.1. The first-order chi connectivity index (χ1) is 21.6.